The van der Waals surface area contributed by atoms with Gasteiger partial charge in [-0.15, -0.1) is 0 Å². The van der Waals surface area contributed by atoms with Gasteiger partial charge in [-0.3, -0.25) is 14.5 Å². The van der Waals surface area contributed by atoms with E-state index in [4.69, 9.17) is 9.47 Å². The number of carbonyl (C=O) groups excluding carboxylic acids is 2. The molecule has 3 rings (SSSR count). The van der Waals surface area contributed by atoms with Gasteiger partial charge < -0.3 is 14.4 Å². The third kappa shape index (κ3) is 6.04. The van der Waals surface area contributed by atoms with Crippen molar-refractivity contribution in [2.75, 3.05) is 52.5 Å². The molecule has 0 aliphatic carbocycles. The average Bonchev–Trinajstić information content (AvgIpc) is 2.74. The van der Waals surface area contributed by atoms with Crippen LogP contribution < -0.4 is 0 Å². The topological polar surface area (TPSA) is 59.1 Å². The predicted octanol–water partition coefficient (Wildman–Crippen LogP) is 2.19. The molecule has 6 nitrogen and oxygen atoms in total. The van der Waals surface area contributed by atoms with E-state index < -0.39 is 0 Å². The summed E-state index contributed by atoms with van der Waals surface area (Å²) in [5.74, 6) is -0.136. The van der Waals surface area contributed by atoms with E-state index in [2.05, 4.69) is 4.90 Å². The van der Waals surface area contributed by atoms with Crippen molar-refractivity contribution in [2.45, 2.75) is 25.7 Å². The van der Waals surface area contributed by atoms with Gasteiger partial charge in [0.1, 0.15) is 0 Å². The van der Waals surface area contributed by atoms with Crippen molar-refractivity contribution in [1.29, 1.82) is 0 Å². The molecule has 1 aromatic rings. The van der Waals surface area contributed by atoms with Crippen LogP contribution >= 0.6 is 0 Å². The van der Waals surface area contributed by atoms with Crippen molar-refractivity contribution in [3.05, 3.63) is 35.9 Å². The van der Waals surface area contributed by atoms with E-state index in [0.717, 1.165) is 45.7 Å². The first kappa shape index (κ1) is 19.8. The predicted molar refractivity (Wildman–Crippen MR) is 103 cm³/mol. The number of hydrogen-bond donors (Lipinski definition) is 0. The number of carbonyl (C=O) groups is 2. The van der Waals surface area contributed by atoms with Gasteiger partial charge in [0, 0.05) is 31.7 Å². The zero-order valence-electron chi connectivity index (χ0n) is 16.0. The van der Waals surface area contributed by atoms with Gasteiger partial charge in [-0.25, -0.2) is 0 Å². The molecule has 0 atom stereocenters. The lowest BCUT2D eigenvalue weighted by molar-refractivity contribution is -0.150. The van der Waals surface area contributed by atoms with Gasteiger partial charge in [0.05, 0.1) is 25.7 Å². The molecule has 0 N–H and O–H groups in total. The fraction of sp³-hybridized carbons (Fsp3) is 0.619. The number of amides is 1. The molecule has 0 bridgehead atoms. The highest BCUT2D eigenvalue weighted by Crippen LogP contribution is 2.20. The maximum atomic E-state index is 12.4. The summed E-state index contributed by atoms with van der Waals surface area (Å²) < 4.78 is 10.8. The maximum Gasteiger partial charge on any atom is 0.309 e. The Bertz CT molecular complexity index is 593. The van der Waals surface area contributed by atoms with Crippen molar-refractivity contribution in [2.24, 2.45) is 5.92 Å². The molecule has 148 valence electrons. The minimum atomic E-state index is -0.104. The molecule has 2 saturated heterocycles. The number of rotatable bonds is 7. The molecular weight excluding hydrogens is 344 g/mol. The summed E-state index contributed by atoms with van der Waals surface area (Å²) in [7, 11) is 0. The molecule has 0 saturated carbocycles. The Kier molecular flexibility index (Phi) is 7.66. The number of ether oxygens (including phenoxy) is 2. The molecule has 0 radical (unpaired) electrons. The number of nitrogens with zero attached hydrogens (tertiary/aromatic N) is 2. The Balaban J connectivity index is 1.30. The molecule has 2 heterocycles. The lowest BCUT2D eigenvalue weighted by atomic mass is 9.96. The molecule has 2 aliphatic heterocycles. The van der Waals surface area contributed by atoms with E-state index in [1.54, 1.807) is 0 Å². The van der Waals surface area contributed by atoms with Crippen LogP contribution in [0.3, 0.4) is 0 Å². The van der Waals surface area contributed by atoms with E-state index in [9.17, 15) is 9.59 Å². The van der Waals surface area contributed by atoms with Crippen molar-refractivity contribution >= 4 is 11.9 Å². The van der Waals surface area contributed by atoms with Crippen LogP contribution in [0.15, 0.2) is 30.3 Å². The first-order chi connectivity index (χ1) is 13.2. The first-order valence-electron chi connectivity index (χ1n) is 10.0. The molecule has 0 aromatic heterocycles. The van der Waals surface area contributed by atoms with Crippen LogP contribution in [-0.2, 0) is 14.3 Å². The highest BCUT2D eigenvalue weighted by atomic mass is 16.5. The molecule has 2 fully saturated rings. The molecule has 1 aromatic carbocycles. The molecular formula is C21H30N2O4. The molecule has 6 heteroatoms. The van der Waals surface area contributed by atoms with E-state index in [1.807, 2.05) is 35.2 Å². The lowest BCUT2D eigenvalue weighted by Gasteiger charge is -2.31. The van der Waals surface area contributed by atoms with Crippen molar-refractivity contribution < 1.29 is 19.1 Å². The van der Waals surface area contributed by atoms with E-state index in [1.165, 1.54) is 0 Å². The third-order valence-corrected chi connectivity index (χ3v) is 5.35. The minimum absolute atomic E-state index is 0.0468. The Morgan fingerprint density at radius 2 is 1.70 bits per heavy atom. The summed E-state index contributed by atoms with van der Waals surface area (Å²) in [6.45, 7) is 6.41. The Morgan fingerprint density at radius 1 is 1.00 bits per heavy atom. The number of morpholine rings is 1. The van der Waals surface area contributed by atoms with Gasteiger partial charge in [0.2, 0.25) is 0 Å². The summed E-state index contributed by atoms with van der Waals surface area (Å²) in [5.41, 5.74) is 0.707. The second-order valence-electron chi connectivity index (χ2n) is 7.26. The second-order valence-corrected chi connectivity index (χ2v) is 7.26. The van der Waals surface area contributed by atoms with Crippen LogP contribution in [0.2, 0.25) is 0 Å². The van der Waals surface area contributed by atoms with Crippen LogP contribution in [0.4, 0.5) is 0 Å². The number of benzene rings is 1. The minimum Gasteiger partial charge on any atom is -0.465 e. The standard InChI is InChI=1S/C21H30N2O4/c24-20(18-6-2-1-3-7-18)23-11-8-19(9-12-23)21(25)27-15-5-4-10-22-13-16-26-17-14-22/h1-3,6-7,19H,4-5,8-17H2. The third-order valence-electron chi connectivity index (χ3n) is 5.35. The van der Waals surface area contributed by atoms with E-state index >= 15 is 0 Å². The van der Waals surface area contributed by atoms with E-state index in [0.29, 0.717) is 38.1 Å². The van der Waals surface area contributed by atoms with Crippen LogP contribution in [0, 0.1) is 5.92 Å². The zero-order chi connectivity index (χ0) is 18.9. The number of likely N-dealkylation sites (tertiary alicyclic amines) is 1. The SMILES string of the molecule is O=C(OCCCCN1CCOCC1)C1CCN(C(=O)c2ccccc2)CC1. The van der Waals surface area contributed by atoms with Crippen LogP contribution in [0.1, 0.15) is 36.0 Å². The largest absolute Gasteiger partial charge is 0.465 e. The van der Waals surface area contributed by atoms with Gasteiger partial charge in [0.25, 0.3) is 5.91 Å². The van der Waals surface area contributed by atoms with Gasteiger partial charge >= 0.3 is 5.97 Å². The van der Waals surface area contributed by atoms with Crippen molar-refractivity contribution in [3.63, 3.8) is 0 Å². The Hall–Kier alpha value is -1.92. The monoisotopic (exact) mass is 374 g/mol. The van der Waals surface area contributed by atoms with Crippen LogP contribution in [0.25, 0.3) is 0 Å². The fourth-order valence-corrected chi connectivity index (χ4v) is 3.63. The molecule has 0 unspecified atom stereocenters. The van der Waals surface area contributed by atoms with Crippen molar-refractivity contribution in [1.82, 2.24) is 9.80 Å². The fourth-order valence-electron chi connectivity index (χ4n) is 3.63. The molecule has 2 aliphatic rings. The summed E-state index contributed by atoms with van der Waals surface area (Å²) in [5, 5.41) is 0. The van der Waals surface area contributed by atoms with Gasteiger partial charge in [-0.1, -0.05) is 18.2 Å². The zero-order valence-corrected chi connectivity index (χ0v) is 16.0. The summed E-state index contributed by atoms with van der Waals surface area (Å²) >= 11 is 0. The maximum absolute atomic E-state index is 12.4. The molecule has 0 spiro atoms. The summed E-state index contributed by atoms with van der Waals surface area (Å²) in [6, 6.07) is 9.31. The highest BCUT2D eigenvalue weighted by molar-refractivity contribution is 5.94. The van der Waals surface area contributed by atoms with Gasteiger partial charge in [-0.05, 0) is 44.4 Å². The molecule has 1 amide bonds. The smallest absolute Gasteiger partial charge is 0.309 e. The molecule has 27 heavy (non-hydrogen) atoms. The number of piperidine rings is 1. The normalized spacial score (nSPS) is 19.0. The van der Waals surface area contributed by atoms with Crippen LogP contribution in [-0.4, -0.2) is 74.2 Å². The summed E-state index contributed by atoms with van der Waals surface area (Å²) in [6.07, 6.45) is 3.31. The first-order valence-corrected chi connectivity index (χ1v) is 10.0. The second kappa shape index (κ2) is 10.4. The highest BCUT2D eigenvalue weighted by Gasteiger charge is 2.28. The van der Waals surface area contributed by atoms with Gasteiger partial charge in [0.15, 0.2) is 0 Å². The number of hydrogen-bond acceptors (Lipinski definition) is 5. The van der Waals surface area contributed by atoms with Crippen LogP contribution in [0.5, 0.6) is 0 Å². The Morgan fingerprint density at radius 3 is 2.41 bits per heavy atom. The summed E-state index contributed by atoms with van der Waals surface area (Å²) in [4.78, 5) is 28.9. The lowest BCUT2D eigenvalue weighted by Crippen LogP contribution is -2.40. The Labute approximate surface area is 161 Å². The van der Waals surface area contributed by atoms with Gasteiger partial charge in [-0.2, -0.15) is 0 Å². The number of unbranched alkanes of at least 4 members (excludes halogenated alkanes) is 1. The average molecular weight is 374 g/mol. The quantitative estimate of drug-likeness (QED) is 0.541. The van der Waals surface area contributed by atoms with E-state index in [-0.39, 0.29) is 17.8 Å². The van der Waals surface area contributed by atoms with Crippen molar-refractivity contribution in [3.8, 4) is 0 Å². The number of esters is 1.